The van der Waals surface area contributed by atoms with E-state index in [0.29, 0.717) is 22.3 Å². The lowest BCUT2D eigenvalue weighted by molar-refractivity contribution is 0.151. The molecule has 0 heterocycles. The van der Waals surface area contributed by atoms with Gasteiger partial charge >= 0.3 is 0 Å². The van der Waals surface area contributed by atoms with Crippen LogP contribution in [0.1, 0.15) is 17.6 Å². The van der Waals surface area contributed by atoms with E-state index in [1.165, 1.54) is 12.1 Å². The molecule has 100 valence electrons. The number of halogens is 4. The van der Waals surface area contributed by atoms with Crippen molar-refractivity contribution in [1.29, 1.82) is 0 Å². The molecule has 0 unspecified atom stereocenters. The Labute approximate surface area is 120 Å². The van der Waals surface area contributed by atoms with Crippen LogP contribution in [0.15, 0.2) is 42.5 Å². The summed E-state index contributed by atoms with van der Waals surface area (Å²) in [5, 5.41) is 4.05. The van der Waals surface area contributed by atoms with Crippen LogP contribution in [-0.2, 0) is 6.54 Å². The summed E-state index contributed by atoms with van der Waals surface area (Å²) in [4.78, 5) is 0. The third-order valence-electron chi connectivity index (χ3n) is 2.64. The zero-order chi connectivity index (χ0) is 13.8. The maximum Gasteiger partial charge on any atom is 0.263 e. The van der Waals surface area contributed by atoms with Crippen LogP contribution in [0.3, 0.4) is 0 Å². The topological polar surface area (TPSA) is 12.0 Å². The van der Waals surface area contributed by atoms with Crippen molar-refractivity contribution >= 4 is 28.9 Å². The Hall–Kier alpha value is -1.32. The number of para-hydroxylation sites is 1. The zero-order valence-corrected chi connectivity index (χ0v) is 11.3. The number of alkyl halides is 2. The van der Waals surface area contributed by atoms with Crippen LogP contribution in [-0.4, -0.2) is 0 Å². The molecule has 2 aromatic carbocycles. The van der Waals surface area contributed by atoms with E-state index in [2.05, 4.69) is 5.32 Å². The van der Waals surface area contributed by atoms with Gasteiger partial charge in [-0.2, -0.15) is 0 Å². The Balaban J connectivity index is 2.12. The third-order valence-corrected chi connectivity index (χ3v) is 3.27. The lowest BCUT2D eigenvalue weighted by atomic mass is 10.1. The Kier molecular flexibility index (Phi) is 4.61. The van der Waals surface area contributed by atoms with E-state index in [9.17, 15) is 8.78 Å². The van der Waals surface area contributed by atoms with Crippen molar-refractivity contribution in [1.82, 2.24) is 0 Å². The fraction of sp³-hybridized carbons (Fsp3) is 0.143. The second-order valence-corrected chi connectivity index (χ2v) is 4.81. The van der Waals surface area contributed by atoms with Gasteiger partial charge < -0.3 is 5.32 Å². The molecule has 0 fully saturated rings. The van der Waals surface area contributed by atoms with Crippen LogP contribution in [0, 0.1) is 0 Å². The minimum absolute atomic E-state index is 0.00422. The Bertz CT molecular complexity index is 553. The molecule has 0 radical (unpaired) electrons. The normalized spacial score (nSPS) is 10.8. The largest absolute Gasteiger partial charge is 0.379 e. The van der Waals surface area contributed by atoms with Gasteiger partial charge in [0, 0.05) is 12.1 Å². The van der Waals surface area contributed by atoms with Crippen molar-refractivity contribution in [2.24, 2.45) is 0 Å². The molecular formula is C14H11Cl2F2N. The molecule has 1 nitrogen and oxygen atoms in total. The van der Waals surface area contributed by atoms with Crippen LogP contribution in [0.25, 0.3) is 0 Å². The van der Waals surface area contributed by atoms with Crippen LogP contribution < -0.4 is 5.32 Å². The van der Waals surface area contributed by atoms with E-state index in [1.807, 2.05) is 0 Å². The van der Waals surface area contributed by atoms with E-state index >= 15 is 0 Å². The van der Waals surface area contributed by atoms with Crippen LogP contribution in [0.2, 0.25) is 10.0 Å². The van der Waals surface area contributed by atoms with Crippen molar-refractivity contribution in [3.63, 3.8) is 0 Å². The van der Waals surface area contributed by atoms with Gasteiger partial charge in [-0.05, 0) is 23.8 Å². The Morgan fingerprint density at radius 2 is 1.63 bits per heavy atom. The molecule has 0 bridgehead atoms. The maximum atomic E-state index is 12.6. The first kappa shape index (κ1) is 14.1. The van der Waals surface area contributed by atoms with Crippen LogP contribution in [0.4, 0.5) is 14.5 Å². The summed E-state index contributed by atoms with van der Waals surface area (Å²) in [6.45, 7) is 0.379. The zero-order valence-electron chi connectivity index (χ0n) is 9.84. The molecule has 0 aromatic heterocycles. The lowest BCUT2D eigenvalue weighted by Gasteiger charge is -2.11. The first-order valence-corrected chi connectivity index (χ1v) is 6.38. The number of hydrogen-bond acceptors (Lipinski definition) is 1. The highest BCUT2D eigenvalue weighted by Crippen LogP contribution is 2.30. The average Bonchev–Trinajstić information content (AvgIpc) is 2.38. The van der Waals surface area contributed by atoms with Gasteiger partial charge in [-0.25, -0.2) is 8.78 Å². The van der Waals surface area contributed by atoms with Crippen molar-refractivity contribution in [3.8, 4) is 0 Å². The van der Waals surface area contributed by atoms with E-state index < -0.39 is 6.43 Å². The summed E-state index contributed by atoms with van der Waals surface area (Å²) in [6.07, 6.45) is -2.47. The lowest BCUT2D eigenvalue weighted by Crippen LogP contribution is -2.01. The van der Waals surface area contributed by atoms with E-state index in [0.717, 1.165) is 5.56 Å². The summed E-state index contributed by atoms with van der Waals surface area (Å²) >= 11 is 12.0. The quantitative estimate of drug-likeness (QED) is 0.781. The van der Waals surface area contributed by atoms with Crippen molar-refractivity contribution in [2.45, 2.75) is 13.0 Å². The van der Waals surface area contributed by atoms with Crippen LogP contribution in [0.5, 0.6) is 0 Å². The minimum atomic E-state index is -2.47. The Morgan fingerprint density at radius 3 is 2.26 bits per heavy atom. The monoisotopic (exact) mass is 301 g/mol. The summed E-state index contributed by atoms with van der Waals surface area (Å²) in [5.41, 5.74) is 1.35. The predicted octanol–water partition coefficient (Wildman–Crippen LogP) is 5.54. The molecule has 2 rings (SSSR count). The molecule has 0 aliphatic heterocycles. The molecule has 0 spiro atoms. The first-order valence-electron chi connectivity index (χ1n) is 5.63. The van der Waals surface area contributed by atoms with Gasteiger partial charge in [0.1, 0.15) is 0 Å². The number of rotatable bonds is 4. The average molecular weight is 302 g/mol. The smallest absolute Gasteiger partial charge is 0.263 e. The highest BCUT2D eigenvalue weighted by Gasteiger charge is 2.08. The standard InChI is InChI=1S/C14H11Cl2F2N/c15-11-5-2-6-12(16)13(11)19-8-9-3-1-4-10(7-9)14(17)18/h1-7,14,19H,8H2. The fourth-order valence-corrected chi connectivity index (χ4v) is 2.23. The second-order valence-electron chi connectivity index (χ2n) is 4.00. The molecule has 0 amide bonds. The number of nitrogens with one attached hydrogen (secondary N) is 1. The van der Waals surface area contributed by atoms with Gasteiger partial charge in [0.25, 0.3) is 6.43 Å². The molecule has 0 aliphatic rings. The molecule has 0 saturated carbocycles. The van der Waals surface area contributed by atoms with Gasteiger partial charge in [-0.15, -0.1) is 0 Å². The predicted molar refractivity (Wildman–Crippen MR) is 75.2 cm³/mol. The SMILES string of the molecule is FC(F)c1cccc(CNc2c(Cl)cccc2Cl)c1. The molecule has 0 saturated heterocycles. The molecule has 19 heavy (non-hydrogen) atoms. The first-order chi connectivity index (χ1) is 9.08. The molecule has 1 N–H and O–H groups in total. The summed E-state index contributed by atoms with van der Waals surface area (Å²) in [7, 11) is 0. The molecule has 2 aromatic rings. The van der Waals surface area contributed by atoms with Crippen molar-refractivity contribution in [2.75, 3.05) is 5.32 Å². The van der Waals surface area contributed by atoms with Gasteiger partial charge in [0.05, 0.1) is 15.7 Å². The summed E-state index contributed by atoms with van der Waals surface area (Å²) in [5.74, 6) is 0. The third kappa shape index (κ3) is 3.58. The highest BCUT2D eigenvalue weighted by molar-refractivity contribution is 6.39. The van der Waals surface area contributed by atoms with Gasteiger partial charge in [0.15, 0.2) is 0 Å². The van der Waals surface area contributed by atoms with Gasteiger partial charge in [0.2, 0.25) is 0 Å². The van der Waals surface area contributed by atoms with Crippen molar-refractivity contribution < 1.29 is 8.78 Å². The minimum Gasteiger partial charge on any atom is -0.379 e. The van der Waals surface area contributed by atoms with E-state index in [4.69, 9.17) is 23.2 Å². The molecule has 5 heteroatoms. The summed E-state index contributed by atoms with van der Waals surface area (Å²) in [6, 6.07) is 11.4. The Morgan fingerprint density at radius 1 is 1.00 bits per heavy atom. The van der Waals surface area contributed by atoms with Crippen LogP contribution >= 0.6 is 23.2 Å². The number of hydrogen-bond donors (Lipinski definition) is 1. The summed E-state index contributed by atoms with van der Waals surface area (Å²) < 4.78 is 25.2. The molecule has 0 aliphatic carbocycles. The van der Waals surface area contributed by atoms with Gasteiger partial charge in [-0.1, -0.05) is 47.5 Å². The molecular weight excluding hydrogens is 291 g/mol. The maximum absolute atomic E-state index is 12.6. The van der Waals surface area contributed by atoms with Crippen molar-refractivity contribution in [3.05, 3.63) is 63.6 Å². The van der Waals surface area contributed by atoms with E-state index in [-0.39, 0.29) is 5.56 Å². The fourth-order valence-electron chi connectivity index (χ4n) is 1.70. The highest BCUT2D eigenvalue weighted by atomic mass is 35.5. The van der Waals surface area contributed by atoms with E-state index in [1.54, 1.807) is 30.3 Å². The van der Waals surface area contributed by atoms with Gasteiger partial charge in [-0.3, -0.25) is 0 Å². The number of anilines is 1. The molecule has 0 atom stereocenters. The second kappa shape index (κ2) is 6.22. The number of benzene rings is 2.